The highest BCUT2D eigenvalue weighted by Crippen LogP contribution is 2.23. The molecular formula is C14H18O6. The number of carbonyl (C=O) groups is 2. The zero-order chi connectivity index (χ0) is 15.4. The Kier molecular flexibility index (Phi) is 5.24. The minimum atomic E-state index is -1.19. The molecule has 0 amide bonds. The van der Waals surface area contributed by atoms with Gasteiger partial charge in [0.2, 0.25) is 0 Å². The van der Waals surface area contributed by atoms with Gasteiger partial charge < -0.3 is 20.4 Å². The van der Waals surface area contributed by atoms with Crippen molar-refractivity contribution in [3.05, 3.63) is 34.4 Å². The van der Waals surface area contributed by atoms with Crippen molar-refractivity contribution < 1.29 is 30.0 Å². The molecule has 0 heterocycles. The van der Waals surface area contributed by atoms with E-state index in [-0.39, 0.29) is 35.1 Å². The number of carboxylic acid groups (broad SMARTS) is 2. The molecule has 0 aromatic heterocycles. The lowest BCUT2D eigenvalue weighted by atomic mass is 9.89. The first-order chi connectivity index (χ1) is 9.23. The molecule has 110 valence electrons. The van der Waals surface area contributed by atoms with Crippen LogP contribution < -0.4 is 0 Å². The molecule has 0 saturated heterocycles. The summed E-state index contributed by atoms with van der Waals surface area (Å²) in [5.41, 5.74) is 0.416. The van der Waals surface area contributed by atoms with Crippen LogP contribution in [-0.4, -0.2) is 44.6 Å². The number of carboxylic acids is 2. The maximum atomic E-state index is 11.2. The van der Waals surface area contributed by atoms with Crippen molar-refractivity contribution in [1.82, 2.24) is 0 Å². The van der Waals surface area contributed by atoms with Crippen LogP contribution in [0.2, 0.25) is 0 Å². The molecular weight excluding hydrogens is 264 g/mol. The van der Waals surface area contributed by atoms with Gasteiger partial charge in [-0.2, -0.15) is 0 Å². The number of aliphatic hydroxyl groups is 2. The van der Waals surface area contributed by atoms with Crippen LogP contribution in [0.15, 0.2) is 12.1 Å². The van der Waals surface area contributed by atoms with Gasteiger partial charge in [0.1, 0.15) is 0 Å². The smallest absolute Gasteiger partial charge is 0.335 e. The summed E-state index contributed by atoms with van der Waals surface area (Å²) in [4.78, 5) is 22.5. The van der Waals surface area contributed by atoms with Gasteiger partial charge in [-0.3, -0.25) is 0 Å². The van der Waals surface area contributed by atoms with E-state index in [1.54, 1.807) is 0 Å². The van der Waals surface area contributed by atoms with E-state index in [0.29, 0.717) is 0 Å². The summed E-state index contributed by atoms with van der Waals surface area (Å²) in [6, 6.07) is 2.43. The molecule has 2 atom stereocenters. The van der Waals surface area contributed by atoms with E-state index in [9.17, 15) is 30.0 Å². The first-order valence-electron chi connectivity index (χ1n) is 6.21. The lowest BCUT2D eigenvalue weighted by Gasteiger charge is -2.18. The second-order valence-corrected chi connectivity index (χ2v) is 4.83. The zero-order valence-electron chi connectivity index (χ0n) is 11.3. The Morgan fingerprint density at radius 2 is 1.20 bits per heavy atom. The Bertz CT molecular complexity index is 472. The van der Waals surface area contributed by atoms with Crippen molar-refractivity contribution >= 4 is 11.9 Å². The molecule has 4 N–H and O–H groups in total. The third kappa shape index (κ3) is 3.79. The van der Waals surface area contributed by atoms with Gasteiger partial charge in [0.25, 0.3) is 0 Å². The molecule has 1 aromatic rings. The van der Waals surface area contributed by atoms with E-state index in [2.05, 4.69) is 0 Å². The highest BCUT2D eigenvalue weighted by molar-refractivity contribution is 5.95. The molecule has 0 aliphatic heterocycles. The fraction of sp³-hybridized carbons (Fsp3) is 0.429. The Balaban J connectivity index is 3.53. The quantitative estimate of drug-likeness (QED) is 0.617. The van der Waals surface area contributed by atoms with E-state index in [1.807, 2.05) is 0 Å². The lowest BCUT2D eigenvalue weighted by Crippen LogP contribution is -2.19. The van der Waals surface area contributed by atoms with Crippen LogP contribution in [-0.2, 0) is 12.8 Å². The van der Waals surface area contributed by atoms with Crippen LogP contribution in [0.4, 0.5) is 0 Å². The summed E-state index contributed by atoms with van der Waals surface area (Å²) >= 11 is 0. The molecule has 0 fully saturated rings. The first kappa shape index (κ1) is 16.1. The van der Waals surface area contributed by atoms with Gasteiger partial charge in [0, 0.05) is 0 Å². The molecule has 0 saturated carbocycles. The molecule has 0 radical (unpaired) electrons. The molecule has 0 bridgehead atoms. The number of hydrogen-bond acceptors (Lipinski definition) is 4. The Labute approximate surface area is 116 Å². The van der Waals surface area contributed by atoms with Gasteiger partial charge in [0.15, 0.2) is 0 Å². The van der Waals surface area contributed by atoms with Crippen molar-refractivity contribution in [2.45, 2.75) is 38.9 Å². The molecule has 0 spiro atoms. The number of hydrogen-bond donors (Lipinski definition) is 4. The third-order valence-electron chi connectivity index (χ3n) is 2.89. The van der Waals surface area contributed by atoms with Crippen molar-refractivity contribution in [1.29, 1.82) is 0 Å². The minimum Gasteiger partial charge on any atom is -0.478 e. The molecule has 0 aliphatic rings. The Morgan fingerprint density at radius 3 is 1.40 bits per heavy atom. The zero-order valence-corrected chi connectivity index (χ0v) is 11.3. The predicted octanol–water partition coefficient (Wildman–Crippen LogP) is 0.930. The fourth-order valence-electron chi connectivity index (χ4n) is 2.15. The van der Waals surface area contributed by atoms with E-state index in [4.69, 9.17) is 0 Å². The summed E-state index contributed by atoms with van der Waals surface area (Å²) in [6.45, 7) is 2.98. The second-order valence-electron chi connectivity index (χ2n) is 4.83. The van der Waals surface area contributed by atoms with Crippen molar-refractivity contribution in [2.75, 3.05) is 0 Å². The van der Waals surface area contributed by atoms with Crippen LogP contribution in [0.25, 0.3) is 0 Å². The van der Waals surface area contributed by atoms with E-state index >= 15 is 0 Å². The van der Waals surface area contributed by atoms with Crippen LogP contribution in [0.3, 0.4) is 0 Å². The summed E-state index contributed by atoms with van der Waals surface area (Å²) in [5, 5.41) is 37.3. The molecule has 20 heavy (non-hydrogen) atoms. The number of benzene rings is 1. The third-order valence-corrected chi connectivity index (χ3v) is 2.89. The normalized spacial score (nSPS) is 13.8. The van der Waals surface area contributed by atoms with Crippen LogP contribution >= 0.6 is 0 Å². The molecule has 1 rings (SSSR count). The molecule has 6 heteroatoms. The fourth-order valence-corrected chi connectivity index (χ4v) is 2.15. The van der Waals surface area contributed by atoms with Crippen molar-refractivity contribution in [2.24, 2.45) is 0 Å². The van der Waals surface area contributed by atoms with Crippen LogP contribution in [0.1, 0.15) is 45.7 Å². The monoisotopic (exact) mass is 282 g/mol. The minimum absolute atomic E-state index is 0.0187. The van der Waals surface area contributed by atoms with Gasteiger partial charge in [0.05, 0.1) is 23.3 Å². The van der Waals surface area contributed by atoms with Crippen molar-refractivity contribution in [3.63, 3.8) is 0 Å². The standard InChI is InChI=1S/C14H18O6/c1-7(15)5-11-9(13(17)18)3-4-10(14(19)20)12(11)6-8(2)16/h3-4,7-8,15-16H,5-6H2,1-2H3,(H,17,18)(H,19,20). The highest BCUT2D eigenvalue weighted by Gasteiger charge is 2.22. The molecule has 0 aliphatic carbocycles. The van der Waals surface area contributed by atoms with Gasteiger partial charge in [-0.05, 0) is 49.9 Å². The SMILES string of the molecule is CC(O)Cc1c(C(=O)O)ccc(C(=O)O)c1CC(C)O. The first-order valence-corrected chi connectivity index (χ1v) is 6.21. The van der Waals surface area contributed by atoms with E-state index in [1.165, 1.54) is 26.0 Å². The maximum Gasteiger partial charge on any atom is 0.335 e. The number of aromatic carboxylic acids is 2. The largest absolute Gasteiger partial charge is 0.478 e. The van der Waals surface area contributed by atoms with Crippen molar-refractivity contribution in [3.8, 4) is 0 Å². The van der Waals surface area contributed by atoms with Crippen LogP contribution in [0, 0.1) is 0 Å². The topological polar surface area (TPSA) is 115 Å². The van der Waals surface area contributed by atoms with E-state index in [0.717, 1.165) is 0 Å². The highest BCUT2D eigenvalue weighted by atomic mass is 16.4. The lowest BCUT2D eigenvalue weighted by molar-refractivity contribution is 0.0677. The molecule has 2 unspecified atom stereocenters. The Morgan fingerprint density at radius 1 is 0.900 bits per heavy atom. The molecule has 1 aromatic carbocycles. The molecule has 6 nitrogen and oxygen atoms in total. The second kappa shape index (κ2) is 6.49. The van der Waals surface area contributed by atoms with Gasteiger partial charge in [-0.1, -0.05) is 0 Å². The summed E-state index contributed by atoms with van der Waals surface area (Å²) in [5.74, 6) is -2.38. The maximum absolute atomic E-state index is 11.2. The average molecular weight is 282 g/mol. The van der Waals surface area contributed by atoms with E-state index < -0.39 is 24.1 Å². The summed E-state index contributed by atoms with van der Waals surface area (Å²) in [7, 11) is 0. The average Bonchev–Trinajstić information content (AvgIpc) is 2.28. The summed E-state index contributed by atoms with van der Waals surface area (Å²) in [6.07, 6.45) is -1.59. The summed E-state index contributed by atoms with van der Waals surface area (Å²) < 4.78 is 0. The van der Waals surface area contributed by atoms with Gasteiger partial charge in [-0.15, -0.1) is 0 Å². The predicted molar refractivity (Wildman–Crippen MR) is 71.1 cm³/mol. The number of aliphatic hydroxyl groups excluding tert-OH is 2. The van der Waals surface area contributed by atoms with Gasteiger partial charge >= 0.3 is 11.9 Å². The van der Waals surface area contributed by atoms with Crippen LogP contribution in [0.5, 0.6) is 0 Å². The van der Waals surface area contributed by atoms with Gasteiger partial charge in [-0.25, -0.2) is 9.59 Å². The number of rotatable bonds is 6. The Hall–Kier alpha value is -1.92.